The average molecular weight is 377 g/mol. The Morgan fingerprint density at radius 3 is 1.04 bits per heavy atom. The summed E-state index contributed by atoms with van der Waals surface area (Å²) >= 11 is 0. The van der Waals surface area contributed by atoms with Crippen LogP contribution in [0.2, 0.25) is 0 Å². The Labute approximate surface area is 120 Å². The molecule has 0 N–H and O–H groups in total. The van der Waals surface area contributed by atoms with Crippen LogP contribution >= 0.6 is 0 Å². The Kier molecular flexibility index (Phi) is 6.24. The summed E-state index contributed by atoms with van der Waals surface area (Å²) in [7, 11) is 0. The summed E-state index contributed by atoms with van der Waals surface area (Å²) in [5.41, 5.74) is 0. The molecule has 0 amide bonds. The molecule has 14 heteroatoms. The maximum atomic E-state index is 12.7. The number of nitrogens with zero attached hydrogens (tertiary/aromatic N) is 1. The molecule has 23 heavy (non-hydrogen) atoms. The SMILES string of the molecule is FC(F)(F)CCN(CC(F)(F)C(F)(F)F)CC(F)(F)C(F)(F)F. The number of alkyl halides is 13. The fourth-order valence-corrected chi connectivity index (χ4v) is 1.24. The Hall–Kier alpha value is -0.950. The summed E-state index contributed by atoms with van der Waals surface area (Å²) in [6.45, 7) is -7.42. The lowest BCUT2D eigenvalue weighted by atomic mass is 10.2. The molecule has 0 saturated heterocycles. The van der Waals surface area contributed by atoms with Crippen LogP contribution in [0.15, 0.2) is 0 Å². The van der Waals surface area contributed by atoms with Crippen LogP contribution in [0.4, 0.5) is 57.1 Å². The zero-order valence-electron chi connectivity index (χ0n) is 10.7. The molecule has 0 rings (SSSR count). The van der Waals surface area contributed by atoms with Crippen molar-refractivity contribution in [1.82, 2.24) is 4.90 Å². The summed E-state index contributed by atoms with van der Waals surface area (Å²) in [4.78, 5) is -0.922. The van der Waals surface area contributed by atoms with Gasteiger partial charge in [0.05, 0.1) is 19.5 Å². The van der Waals surface area contributed by atoms with Gasteiger partial charge in [-0.25, -0.2) is 0 Å². The van der Waals surface area contributed by atoms with Crippen LogP contribution in [0.3, 0.4) is 0 Å². The van der Waals surface area contributed by atoms with E-state index < -0.39 is 61.3 Å². The average Bonchev–Trinajstić information content (AvgIpc) is 2.20. The van der Waals surface area contributed by atoms with E-state index in [0.717, 1.165) is 0 Å². The minimum absolute atomic E-state index is 0.922. The van der Waals surface area contributed by atoms with Crippen LogP contribution in [-0.4, -0.2) is 54.9 Å². The topological polar surface area (TPSA) is 3.24 Å². The van der Waals surface area contributed by atoms with Gasteiger partial charge in [0.15, 0.2) is 0 Å². The molecule has 0 aromatic rings. The molecule has 140 valence electrons. The molecular weight excluding hydrogens is 369 g/mol. The predicted molar refractivity (Wildman–Crippen MR) is 49.1 cm³/mol. The summed E-state index contributed by atoms with van der Waals surface area (Å²) in [6.07, 6.45) is -19.9. The highest BCUT2D eigenvalue weighted by Gasteiger charge is 2.61. The van der Waals surface area contributed by atoms with Crippen molar-refractivity contribution in [3.8, 4) is 0 Å². The molecule has 1 nitrogen and oxygen atoms in total. The Morgan fingerprint density at radius 1 is 0.522 bits per heavy atom. The highest BCUT2D eigenvalue weighted by Crippen LogP contribution is 2.39. The lowest BCUT2D eigenvalue weighted by molar-refractivity contribution is -0.303. The quantitative estimate of drug-likeness (QED) is 0.610. The van der Waals surface area contributed by atoms with Gasteiger partial charge in [-0.2, -0.15) is 57.1 Å². The largest absolute Gasteiger partial charge is 0.454 e. The van der Waals surface area contributed by atoms with Gasteiger partial charge in [0.25, 0.3) is 0 Å². The van der Waals surface area contributed by atoms with E-state index in [-0.39, 0.29) is 0 Å². The van der Waals surface area contributed by atoms with Gasteiger partial charge in [-0.15, -0.1) is 0 Å². The van der Waals surface area contributed by atoms with Gasteiger partial charge in [0, 0.05) is 6.54 Å². The van der Waals surface area contributed by atoms with Gasteiger partial charge >= 0.3 is 30.4 Å². The first kappa shape index (κ1) is 22.1. The van der Waals surface area contributed by atoms with Gasteiger partial charge in [-0.1, -0.05) is 0 Å². The summed E-state index contributed by atoms with van der Waals surface area (Å²) in [5.74, 6) is -11.5. The molecule has 0 aliphatic rings. The van der Waals surface area contributed by atoms with Gasteiger partial charge in [0.2, 0.25) is 0 Å². The Balaban J connectivity index is 5.26. The zero-order chi connectivity index (χ0) is 18.9. The first-order valence-corrected chi connectivity index (χ1v) is 5.47. The van der Waals surface area contributed by atoms with Crippen molar-refractivity contribution in [2.45, 2.75) is 36.8 Å². The van der Waals surface area contributed by atoms with E-state index in [0.29, 0.717) is 0 Å². The van der Waals surface area contributed by atoms with Crippen LogP contribution in [0.1, 0.15) is 6.42 Å². The van der Waals surface area contributed by atoms with E-state index in [1.165, 1.54) is 0 Å². The normalized spacial score (nSPS) is 15.4. The highest BCUT2D eigenvalue weighted by atomic mass is 19.4. The molecule has 0 saturated carbocycles. The lowest BCUT2D eigenvalue weighted by Gasteiger charge is -2.32. The molecule has 0 aliphatic carbocycles. The Morgan fingerprint density at radius 2 is 0.826 bits per heavy atom. The molecule has 0 aliphatic heterocycles. The monoisotopic (exact) mass is 377 g/mol. The standard InChI is InChI=1S/C9H8F13N/c10-5(11,8(17,18)19)3-23(2-1-7(14,15)16)4-6(12,13)9(20,21)22/h1-4H2. The van der Waals surface area contributed by atoms with Crippen molar-refractivity contribution in [3.05, 3.63) is 0 Å². The molecule has 0 atom stereocenters. The fourth-order valence-electron chi connectivity index (χ4n) is 1.24. The third-order valence-corrected chi connectivity index (χ3v) is 2.39. The number of hydrogen-bond acceptors (Lipinski definition) is 1. The summed E-state index contributed by atoms with van der Waals surface area (Å²) in [6, 6.07) is 0. The van der Waals surface area contributed by atoms with Crippen molar-refractivity contribution < 1.29 is 57.1 Å². The summed E-state index contributed by atoms with van der Waals surface area (Å²) in [5, 5.41) is 0. The van der Waals surface area contributed by atoms with Crippen LogP contribution in [0.25, 0.3) is 0 Å². The number of rotatable bonds is 6. The summed E-state index contributed by atoms with van der Waals surface area (Å²) < 4.78 is 158. The zero-order valence-corrected chi connectivity index (χ0v) is 10.7. The smallest absolute Gasteiger partial charge is 0.291 e. The lowest BCUT2D eigenvalue weighted by Crippen LogP contribution is -2.53. The molecule has 0 aromatic heterocycles. The van der Waals surface area contributed by atoms with Crippen molar-refractivity contribution in [2.75, 3.05) is 19.6 Å². The van der Waals surface area contributed by atoms with Crippen molar-refractivity contribution in [3.63, 3.8) is 0 Å². The van der Waals surface area contributed by atoms with E-state index in [9.17, 15) is 57.1 Å². The molecular formula is C9H8F13N. The fraction of sp³-hybridized carbons (Fsp3) is 1.00. The molecule has 0 fully saturated rings. The minimum atomic E-state index is -6.32. The molecule has 0 aromatic carbocycles. The van der Waals surface area contributed by atoms with E-state index >= 15 is 0 Å². The first-order valence-electron chi connectivity index (χ1n) is 5.47. The van der Waals surface area contributed by atoms with Crippen LogP contribution in [-0.2, 0) is 0 Å². The van der Waals surface area contributed by atoms with Crippen molar-refractivity contribution >= 4 is 0 Å². The minimum Gasteiger partial charge on any atom is -0.291 e. The third-order valence-electron chi connectivity index (χ3n) is 2.39. The van der Waals surface area contributed by atoms with Gasteiger partial charge in [-0.3, -0.25) is 4.90 Å². The second-order valence-electron chi connectivity index (χ2n) is 4.48. The van der Waals surface area contributed by atoms with E-state index in [2.05, 4.69) is 0 Å². The second kappa shape index (κ2) is 6.51. The number of hydrogen-bond donors (Lipinski definition) is 0. The number of halogens is 13. The van der Waals surface area contributed by atoms with Gasteiger partial charge in [-0.05, 0) is 0 Å². The molecule has 0 unspecified atom stereocenters. The predicted octanol–water partition coefficient (Wildman–Crippen LogP) is 4.64. The van der Waals surface area contributed by atoms with Crippen LogP contribution in [0, 0.1) is 0 Å². The molecule has 0 spiro atoms. The van der Waals surface area contributed by atoms with Crippen molar-refractivity contribution in [1.29, 1.82) is 0 Å². The molecule has 0 bridgehead atoms. The van der Waals surface area contributed by atoms with Gasteiger partial charge in [0.1, 0.15) is 0 Å². The van der Waals surface area contributed by atoms with E-state index in [1.54, 1.807) is 0 Å². The van der Waals surface area contributed by atoms with E-state index in [1.807, 2.05) is 0 Å². The van der Waals surface area contributed by atoms with E-state index in [4.69, 9.17) is 0 Å². The van der Waals surface area contributed by atoms with Crippen LogP contribution in [0.5, 0.6) is 0 Å². The third kappa shape index (κ3) is 6.99. The first-order chi connectivity index (χ1) is 9.79. The Bertz CT molecular complexity index is 348. The molecule has 0 heterocycles. The molecule has 0 radical (unpaired) electrons. The maximum absolute atomic E-state index is 12.7. The van der Waals surface area contributed by atoms with Crippen LogP contribution < -0.4 is 0 Å². The van der Waals surface area contributed by atoms with Gasteiger partial charge < -0.3 is 0 Å². The second-order valence-corrected chi connectivity index (χ2v) is 4.48. The van der Waals surface area contributed by atoms with Crippen molar-refractivity contribution in [2.24, 2.45) is 0 Å². The maximum Gasteiger partial charge on any atom is 0.454 e. The highest BCUT2D eigenvalue weighted by molar-refractivity contribution is 4.86.